The maximum Gasteiger partial charge on any atom is 0.319 e. The van der Waals surface area contributed by atoms with Crippen molar-refractivity contribution in [3.8, 4) is 0 Å². The normalized spacial score (nSPS) is 15.3. The zero-order chi connectivity index (χ0) is 15.1. The predicted octanol–water partition coefficient (Wildman–Crippen LogP) is 2.04. The summed E-state index contributed by atoms with van der Waals surface area (Å²) in [4.78, 5) is 23.4. The highest BCUT2D eigenvalue weighted by Crippen LogP contribution is 2.21. The number of anilines is 2. The lowest BCUT2D eigenvalue weighted by atomic mass is 9.96. The van der Waals surface area contributed by atoms with Crippen molar-refractivity contribution >= 4 is 23.3 Å². The molecule has 1 fully saturated rings. The number of nitrogens with one attached hydrogen (secondary N) is 3. The molecular formula is C15H22N4O2. The SMILES string of the molecule is NCC(=O)Nc1ccccc1NC(=O)NC1CCCCC1. The Bertz CT molecular complexity index is 498. The van der Waals surface area contributed by atoms with Gasteiger partial charge in [-0.2, -0.15) is 0 Å². The summed E-state index contributed by atoms with van der Waals surface area (Å²) < 4.78 is 0. The average Bonchev–Trinajstić information content (AvgIpc) is 2.50. The highest BCUT2D eigenvalue weighted by atomic mass is 16.2. The van der Waals surface area contributed by atoms with Gasteiger partial charge in [-0.15, -0.1) is 0 Å². The molecule has 0 aromatic heterocycles. The number of benzene rings is 1. The molecule has 0 radical (unpaired) electrons. The Morgan fingerprint density at radius 2 is 1.67 bits per heavy atom. The Labute approximate surface area is 124 Å². The lowest BCUT2D eigenvalue weighted by Crippen LogP contribution is -2.39. The van der Waals surface area contributed by atoms with E-state index in [1.54, 1.807) is 24.3 Å². The molecule has 2 rings (SSSR count). The molecule has 6 nitrogen and oxygen atoms in total. The van der Waals surface area contributed by atoms with Crippen LogP contribution in [0.25, 0.3) is 0 Å². The first kappa shape index (κ1) is 15.3. The van der Waals surface area contributed by atoms with Gasteiger partial charge in [0.05, 0.1) is 17.9 Å². The largest absolute Gasteiger partial charge is 0.335 e. The fourth-order valence-corrected chi connectivity index (χ4v) is 2.49. The van der Waals surface area contributed by atoms with Gasteiger partial charge in [0.25, 0.3) is 0 Å². The molecule has 0 saturated heterocycles. The molecule has 0 heterocycles. The lowest BCUT2D eigenvalue weighted by Gasteiger charge is -2.23. The summed E-state index contributed by atoms with van der Waals surface area (Å²) in [7, 11) is 0. The number of amides is 3. The Balaban J connectivity index is 1.94. The van der Waals surface area contributed by atoms with Gasteiger partial charge in [-0.3, -0.25) is 4.79 Å². The van der Waals surface area contributed by atoms with E-state index >= 15 is 0 Å². The van der Waals surface area contributed by atoms with Crippen LogP contribution in [0.1, 0.15) is 32.1 Å². The van der Waals surface area contributed by atoms with Crippen LogP contribution in [-0.4, -0.2) is 24.5 Å². The third-order valence-corrected chi connectivity index (χ3v) is 3.58. The molecule has 1 aromatic carbocycles. The molecular weight excluding hydrogens is 268 g/mol. The summed E-state index contributed by atoms with van der Waals surface area (Å²) in [5.74, 6) is -0.295. The molecule has 1 aliphatic carbocycles. The van der Waals surface area contributed by atoms with Crippen molar-refractivity contribution in [2.24, 2.45) is 5.73 Å². The maximum absolute atomic E-state index is 12.0. The molecule has 5 N–H and O–H groups in total. The molecule has 114 valence electrons. The Morgan fingerprint density at radius 1 is 1.05 bits per heavy atom. The fourth-order valence-electron chi connectivity index (χ4n) is 2.49. The minimum Gasteiger partial charge on any atom is -0.335 e. The smallest absolute Gasteiger partial charge is 0.319 e. The maximum atomic E-state index is 12.0. The van der Waals surface area contributed by atoms with Gasteiger partial charge in [0.15, 0.2) is 0 Å². The number of carbonyl (C=O) groups excluding carboxylic acids is 2. The third kappa shape index (κ3) is 4.75. The van der Waals surface area contributed by atoms with E-state index < -0.39 is 0 Å². The van der Waals surface area contributed by atoms with Gasteiger partial charge in [-0.1, -0.05) is 31.4 Å². The zero-order valence-electron chi connectivity index (χ0n) is 12.0. The van der Waals surface area contributed by atoms with Crippen molar-refractivity contribution in [1.82, 2.24) is 5.32 Å². The molecule has 1 saturated carbocycles. The van der Waals surface area contributed by atoms with Crippen molar-refractivity contribution in [3.63, 3.8) is 0 Å². The summed E-state index contributed by atoms with van der Waals surface area (Å²) in [6.45, 7) is -0.0946. The van der Waals surface area contributed by atoms with Gasteiger partial charge in [0.1, 0.15) is 0 Å². The number of hydrogen-bond donors (Lipinski definition) is 4. The molecule has 0 aliphatic heterocycles. The van der Waals surface area contributed by atoms with E-state index in [1.165, 1.54) is 6.42 Å². The topological polar surface area (TPSA) is 96.2 Å². The van der Waals surface area contributed by atoms with Crippen molar-refractivity contribution in [2.45, 2.75) is 38.1 Å². The van der Waals surface area contributed by atoms with Crippen LogP contribution < -0.4 is 21.7 Å². The number of urea groups is 1. The Hall–Kier alpha value is -2.08. The molecule has 0 spiro atoms. The second-order valence-electron chi connectivity index (χ2n) is 5.23. The number of rotatable bonds is 4. The molecule has 0 atom stereocenters. The second kappa shape index (κ2) is 7.64. The van der Waals surface area contributed by atoms with Gasteiger partial charge in [0.2, 0.25) is 5.91 Å². The summed E-state index contributed by atoms with van der Waals surface area (Å²) in [5, 5.41) is 8.42. The zero-order valence-corrected chi connectivity index (χ0v) is 12.0. The molecule has 0 bridgehead atoms. The molecule has 0 unspecified atom stereocenters. The first-order chi connectivity index (χ1) is 10.2. The van der Waals surface area contributed by atoms with E-state index in [0.717, 1.165) is 25.7 Å². The number of hydrogen-bond acceptors (Lipinski definition) is 3. The van der Waals surface area contributed by atoms with Crippen LogP contribution in [0.3, 0.4) is 0 Å². The van der Waals surface area contributed by atoms with Crippen LogP contribution in [0.4, 0.5) is 16.2 Å². The van der Waals surface area contributed by atoms with Crippen LogP contribution in [0, 0.1) is 0 Å². The minimum atomic E-state index is -0.295. The van der Waals surface area contributed by atoms with Crippen molar-refractivity contribution in [2.75, 3.05) is 17.2 Å². The Morgan fingerprint density at radius 3 is 2.29 bits per heavy atom. The first-order valence-corrected chi connectivity index (χ1v) is 7.35. The van der Waals surface area contributed by atoms with Crippen molar-refractivity contribution in [1.29, 1.82) is 0 Å². The summed E-state index contributed by atoms with van der Waals surface area (Å²) in [5.41, 5.74) is 6.39. The predicted molar refractivity (Wildman–Crippen MR) is 83.2 cm³/mol. The molecule has 1 aromatic rings. The van der Waals surface area contributed by atoms with E-state index in [1.807, 2.05) is 0 Å². The Kier molecular flexibility index (Phi) is 5.57. The van der Waals surface area contributed by atoms with E-state index in [2.05, 4.69) is 16.0 Å². The number of carbonyl (C=O) groups is 2. The van der Waals surface area contributed by atoms with Crippen LogP contribution >= 0.6 is 0 Å². The first-order valence-electron chi connectivity index (χ1n) is 7.35. The molecule has 21 heavy (non-hydrogen) atoms. The fraction of sp³-hybridized carbons (Fsp3) is 0.467. The standard InChI is InChI=1S/C15H22N4O2/c16-10-14(20)18-12-8-4-5-9-13(12)19-15(21)17-11-6-2-1-3-7-11/h4-5,8-9,11H,1-3,6-7,10,16H2,(H,18,20)(H2,17,19,21). The monoisotopic (exact) mass is 290 g/mol. The highest BCUT2D eigenvalue weighted by Gasteiger charge is 2.16. The highest BCUT2D eigenvalue weighted by molar-refractivity contribution is 5.99. The van der Waals surface area contributed by atoms with E-state index in [9.17, 15) is 9.59 Å². The quantitative estimate of drug-likeness (QED) is 0.683. The summed E-state index contributed by atoms with van der Waals surface area (Å²) in [6.07, 6.45) is 5.62. The van der Waals surface area contributed by atoms with E-state index in [4.69, 9.17) is 5.73 Å². The summed E-state index contributed by atoms with van der Waals surface area (Å²) in [6, 6.07) is 7.06. The molecule has 1 aliphatic rings. The van der Waals surface area contributed by atoms with Gasteiger partial charge in [-0.05, 0) is 25.0 Å². The van der Waals surface area contributed by atoms with Crippen molar-refractivity contribution < 1.29 is 9.59 Å². The van der Waals surface area contributed by atoms with E-state index in [0.29, 0.717) is 11.4 Å². The van der Waals surface area contributed by atoms with Crippen LogP contribution in [-0.2, 0) is 4.79 Å². The number of nitrogens with two attached hydrogens (primary N) is 1. The van der Waals surface area contributed by atoms with Gasteiger partial charge < -0.3 is 21.7 Å². The second-order valence-corrected chi connectivity index (χ2v) is 5.23. The van der Waals surface area contributed by atoms with E-state index in [-0.39, 0.29) is 24.5 Å². The molecule has 6 heteroatoms. The number of para-hydroxylation sites is 2. The summed E-state index contributed by atoms with van der Waals surface area (Å²) >= 11 is 0. The van der Waals surface area contributed by atoms with Crippen LogP contribution in [0.2, 0.25) is 0 Å². The lowest BCUT2D eigenvalue weighted by molar-refractivity contribution is -0.114. The van der Waals surface area contributed by atoms with Gasteiger partial charge in [-0.25, -0.2) is 4.79 Å². The third-order valence-electron chi connectivity index (χ3n) is 3.58. The molecule has 3 amide bonds. The van der Waals surface area contributed by atoms with Crippen LogP contribution in [0.5, 0.6) is 0 Å². The van der Waals surface area contributed by atoms with Crippen molar-refractivity contribution in [3.05, 3.63) is 24.3 Å². The van der Waals surface area contributed by atoms with Crippen LogP contribution in [0.15, 0.2) is 24.3 Å². The van der Waals surface area contributed by atoms with Gasteiger partial charge >= 0.3 is 6.03 Å². The average molecular weight is 290 g/mol. The minimum absolute atomic E-state index is 0.0946. The van der Waals surface area contributed by atoms with Gasteiger partial charge in [0, 0.05) is 6.04 Å².